The Morgan fingerprint density at radius 3 is 2.53 bits per heavy atom. The van der Waals surface area contributed by atoms with Crippen molar-refractivity contribution >= 4 is 9.84 Å². The van der Waals surface area contributed by atoms with Crippen LogP contribution < -0.4 is 5.32 Å². The third kappa shape index (κ3) is 3.58. The SMILES string of the molecule is CCC1(NCc2ccc(S(C)(=O)=O)o2)CCOCC1. The molecule has 0 amide bonds. The van der Waals surface area contributed by atoms with Gasteiger partial charge in [0.25, 0.3) is 0 Å². The maximum Gasteiger partial charge on any atom is 0.217 e. The second-order valence-corrected chi connectivity index (χ2v) is 7.04. The van der Waals surface area contributed by atoms with Gasteiger partial charge in [-0.3, -0.25) is 0 Å². The highest BCUT2D eigenvalue weighted by Crippen LogP contribution is 2.25. The number of rotatable bonds is 5. The van der Waals surface area contributed by atoms with E-state index < -0.39 is 9.84 Å². The first-order valence-electron chi connectivity index (χ1n) is 6.57. The average molecular weight is 287 g/mol. The fraction of sp³-hybridized carbons (Fsp3) is 0.692. The van der Waals surface area contributed by atoms with Crippen LogP contribution in [-0.2, 0) is 21.1 Å². The fourth-order valence-electron chi connectivity index (χ4n) is 2.34. The van der Waals surface area contributed by atoms with Crippen LogP contribution in [0.3, 0.4) is 0 Å². The van der Waals surface area contributed by atoms with E-state index in [0.717, 1.165) is 38.7 Å². The molecule has 0 atom stereocenters. The third-order valence-electron chi connectivity index (χ3n) is 3.77. The van der Waals surface area contributed by atoms with Gasteiger partial charge in [-0.25, -0.2) is 8.42 Å². The zero-order valence-corrected chi connectivity index (χ0v) is 12.3. The van der Waals surface area contributed by atoms with Crippen LogP contribution in [-0.4, -0.2) is 33.4 Å². The summed E-state index contributed by atoms with van der Waals surface area (Å²) in [6.45, 7) is 4.24. The lowest BCUT2D eigenvalue weighted by Gasteiger charge is -2.37. The molecule has 1 N–H and O–H groups in total. The van der Waals surface area contributed by atoms with Crippen molar-refractivity contribution in [2.45, 2.75) is 43.4 Å². The van der Waals surface area contributed by atoms with Crippen LogP contribution in [0.4, 0.5) is 0 Å². The van der Waals surface area contributed by atoms with Crippen LogP contribution in [0.2, 0.25) is 0 Å². The van der Waals surface area contributed by atoms with E-state index >= 15 is 0 Å². The quantitative estimate of drug-likeness (QED) is 0.893. The Morgan fingerprint density at radius 2 is 2.00 bits per heavy atom. The summed E-state index contributed by atoms with van der Waals surface area (Å²) in [4.78, 5) is 0. The third-order valence-corrected chi connectivity index (χ3v) is 4.72. The molecule has 19 heavy (non-hydrogen) atoms. The van der Waals surface area contributed by atoms with Crippen molar-refractivity contribution < 1.29 is 17.6 Å². The van der Waals surface area contributed by atoms with E-state index in [4.69, 9.17) is 9.15 Å². The molecule has 1 aromatic heterocycles. The summed E-state index contributed by atoms with van der Waals surface area (Å²) in [5.74, 6) is 0.653. The second kappa shape index (κ2) is 5.64. The minimum Gasteiger partial charge on any atom is -0.448 e. The summed E-state index contributed by atoms with van der Waals surface area (Å²) in [5, 5.41) is 3.53. The minimum atomic E-state index is -3.26. The van der Waals surface area contributed by atoms with Gasteiger partial charge in [0.05, 0.1) is 6.54 Å². The zero-order chi connectivity index (χ0) is 13.9. The Labute approximate surface area is 114 Å². The number of nitrogens with one attached hydrogen (secondary N) is 1. The van der Waals surface area contributed by atoms with Crippen molar-refractivity contribution in [2.24, 2.45) is 0 Å². The molecule has 108 valence electrons. The molecule has 0 bridgehead atoms. The van der Waals surface area contributed by atoms with E-state index in [1.165, 1.54) is 6.07 Å². The van der Waals surface area contributed by atoms with Crippen LogP contribution >= 0.6 is 0 Å². The van der Waals surface area contributed by atoms with Crippen molar-refractivity contribution in [3.8, 4) is 0 Å². The van der Waals surface area contributed by atoms with Crippen molar-refractivity contribution in [1.29, 1.82) is 0 Å². The predicted octanol–water partition coefficient (Wildman–Crippen LogP) is 1.73. The van der Waals surface area contributed by atoms with Crippen LogP contribution in [0.5, 0.6) is 0 Å². The van der Waals surface area contributed by atoms with E-state index in [-0.39, 0.29) is 10.6 Å². The van der Waals surface area contributed by atoms with E-state index in [2.05, 4.69) is 12.2 Å². The molecule has 1 saturated heterocycles. The molecule has 2 heterocycles. The van der Waals surface area contributed by atoms with Gasteiger partial charge in [0.15, 0.2) is 0 Å². The molecule has 0 unspecified atom stereocenters. The predicted molar refractivity (Wildman–Crippen MR) is 71.7 cm³/mol. The number of sulfone groups is 1. The largest absolute Gasteiger partial charge is 0.448 e. The zero-order valence-electron chi connectivity index (χ0n) is 11.4. The topological polar surface area (TPSA) is 68.5 Å². The molecule has 1 aliphatic rings. The lowest BCUT2D eigenvalue weighted by Crippen LogP contribution is -2.48. The van der Waals surface area contributed by atoms with Gasteiger partial charge in [-0.2, -0.15) is 0 Å². The first-order chi connectivity index (χ1) is 8.95. The molecule has 0 radical (unpaired) electrons. The number of hydrogen-bond donors (Lipinski definition) is 1. The Bertz CT molecular complexity index is 515. The molecule has 0 aliphatic carbocycles. The molecule has 0 saturated carbocycles. The molecule has 0 aromatic carbocycles. The number of furan rings is 1. The Kier molecular flexibility index (Phi) is 4.32. The first-order valence-corrected chi connectivity index (χ1v) is 8.46. The van der Waals surface area contributed by atoms with Gasteiger partial charge in [0.1, 0.15) is 5.76 Å². The van der Waals surface area contributed by atoms with Gasteiger partial charge in [0, 0.05) is 25.0 Å². The van der Waals surface area contributed by atoms with Crippen LogP contribution in [0, 0.1) is 0 Å². The fourth-order valence-corrected chi connectivity index (χ4v) is 2.92. The van der Waals surface area contributed by atoms with E-state index in [1.807, 2.05) is 0 Å². The molecule has 2 rings (SSSR count). The van der Waals surface area contributed by atoms with Crippen molar-refractivity contribution in [1.82, 2.24) is 5.32 Å². The summed E-state index contributed by atoms with van der Waals surface area (Å²) in [5.41, 5.74) is 0.0797. The van der Waals surface area contributed by atoms with Crippen LogP contribution in [0.1, 0.15) is 31.9 Å². The molecule has 6 heteroatoms. The maximum atomic E-state index is 11.3. The highest BCUT2D eigenvalue weighted by molar-refractivity contribution is 7.90. The normalized spacial score (nSPS) is 19.5. The smallest absolute Gasteiger partial charge is 0.217 e. The Balaban J connectivity index is 1.99. The van der Waals surface area contributed by atoms with Gasteiger partial charge in [-0.15, -0.1) is 0 Å². The molecule has 1 aromatic rings. The molecule has 1 fully saturated rings. The van der Waals surface area contributed by atoms with Crippen molar-refractivity contribution in [3.05, 3.63) is 17.9 Å². The average Bonchev–Trinajstić information content (AvgIpc) is 2.86. The molecule has 0 spiro atoms. The van der Waals surface area contributed by atoms with Gasteiger partial charge in [-0.05, 0) is 31.4 Å². The molecule has 1 aliphatic heterocycles. The van der Waals surface area contributed by atoms with Crippen LogP contribution in [0.25, 0.3) is 0 Å². The number of hydrogen-bond acceptors (Lipinski definition) is 5. The monoisotopic (exact) mass is 287 g/mol. The lowest BCUT2D eigenvalue weighted by atomic mass is 9.87. The van der Waals surface area contributed by atoms with Crippen molar-refractivity contribution in [2.75, 3.05) is 19.5 Å². The van der Waals surface area contributed by atoms with Gasteiger partial charge >= 0.3 is 0 Å². The highest BCUT2D eigenvalue weighted by Gasteiger charge is 2.30. The number of ether oxygens (including phenoxy) is 1. The van der Waals surface area contributed by atoms with Gasteiger partial charge < -0.3 is 14.5 Å². The summed E-state index contributed by atoms with van der Waals surface area (Å²) < 4.78 is 33.4. The molecule has 5 nitrogen and oxygen atoms in total. The second-order valence-electron chi connectivity index (χ2n) is 5.09. The van der Waals surface area contributed by atoms with E-state index in [0.29, 0.717) is 12.3 Å². The Morgan fingerprint density at radius 1 is 1.32 bits per heavy atom. The standard InChI is InChI=1S/C13H21NO4S/c1-3-13(6-8-17-9-7-13)14-10-11-4-5-12(18-11)19(2,15)16/h4-5,14H,3,6-10H2,1-2H3. The maximum absolute atomic E-state index is 11.3. The van der Waals surface area contributed by atoms with Gasteiger partial charge in [0.2, 0.25) is 14.9 Å². The van der Waals surface area contributed by atoms with Crippen molar-refractivity contribution in [3.63, 3.8) is 0 Å². The summed E-state index contributed by atoms with van der Waals surface area (Å²) >= 11 is 0. The van der Waals surface area contributed by atoms with Crippen LogP contribution in [0.15, 0.2) is 21.6 Å². The summed E-state index contributed by atoms with van der Waals surface area (Å²) in [6, 6.07) is 3.22. The Hall–Kier alpha value is -0.850. The van der Waals surface area contributed by atoms with E-state index in [1.54, 1.807) is 6.07 Å². The highest BCUT2D eigenvalue weighted by atomic mass is 32.2. The summed E-state index contributed by atoms with van der Waals surface area (Å²) in [6.07, 6.45) is 4.12. The van der Waals surface area contributed by atoms with E-state index in [9.17, 15) is 8.42 Å². The molecular weight excluding hydrogens is 266 g/mol. The molecular formula is C13H21NO4S. The first kappa shape index (κ1) is 14.6. The minimum absolute atomic E-state index is 0.0295. The summed E-state index contributed by atoms with van der Waals surface area (Å²) in [7, 11) is -3.26. The van der Waals surface area contributed by atoms with Gasteiger partial charge in [-0.1, -0.05) is 6.92 Å². The lowest BCUT2D eigenvalue weighted by molar-refractivity contribution is 0.0348.